The third-order valence-electron chi connectivity index (χ3n) is 4.16. The highest BCUT2D eigenvalue weighted by Gasteiger charge is 2.27. The van der Waals surface area contributed by atoms with E-state index in [4.69, 9.17) is 0 Å². The normalized spacial score (nSPS) is 16.9. The molecule has 1 aliphatic heterocycles. The molecular formula is C15H21N5O3S. The Kier molecular flexibility index (Phi) is 4.31. The van der Waals surface area contributed by atoms with Crippen LogP contribution in [-0.2, 0) is 10.0 Å². The second-order valence-electron chi connectivity index (χ2n) is 6.27. The Labute approximate surface area is 141 Å². The van der Waals surface area contributed by atoms with Gasteiger partial charge in [-0.1, -0.05) is 0 Å². The Hall–Kier alpha value is -2.00. The topological polar surface area (TPSA) is 88.4 Å². The largest absolute Gasteiger partial charge is 0.336 e. The average molecular weight is 351 g/mol. The first-order valence-corrected chi connectivity index (χ1v) is 9.70. The van der Waals surface area contributed by atoms with E-state index < -0.39 is 10.0 Å². The first-order valence-electron chi connectivity index (χ1n) is 7.85. The lowest BCUT2D eigenvalue weighted by molar-refractivity contribution is 0.0698. The van der Waals surface area contributed by atoms with E-state index in [1.807, 2.05) is 18.5 Å². The van der Waals surface area contributed by atoms with Crippen molar-refractivity contribution in [2.24, 2.45) is 0 Å². The molecule has 3 heterocycles. The molecule has 1 amide bonds. The summed E-state index contributed by atoms with van der Waals surface area (Å²) < 4.78 is 26.3. The molecule has 0 bridgehead atoms. The predicted octanol–water partition coefficient (Wildman–Crippen LogP) is 0.730. The Morgan fingerprint density at radius 1 is 1.17 bits per heavy atom. The summed E-state index contributed by atoms with van der Waals surface area (Å²) >= 11 is 0. The van der Waals surface area contributed by atoms with Crippen LogP contribution in [0, 0.1) is 0 Å². The van der Waals surface area contributed by atoms with Gasteiger partial charge >= 0.3 is 0 Å². The van der Waals surface area contributed by atoms with Gasteiger partial charge in [0.15, 0.2) is 5.65 Å². The summed E-state index contributed by atoms with van der Waals surface area (Å²) in [4.78, 5) is 18.7. The van der Waals surface area contributed by atoms with E-state index in [0.717, 1.165) is 11.0 Å². The first-order chi connectivity index (χ1) is 11.3. The van der Waals surface area contributed by atoms with Crippen LogP contribution < -0.4 is 0 Å². The van der Waals surface area contributed by atoms with Crippen LogP contribution >= 0.6 is 0 Å². The summed E-state index contributed by atoms with van der Waals surface area (Å²) in [7, 11) is -3.20. The molecule has 9 heteroatoms. The van der Waals surface area contributed by atoms with Crippen LogP contribution in [0.5, 0.6) is 0 Å². The highest BCUT2D eigenvalue weighted by molar-refractivity contribution is 7.88. The molecule has 0 saturated carbocycles. The van der Waals surface area contributed by atoms with Gasteiger partial charge in [0.05, 0.1) is 18.0 Å². The number of nitrogens with zero attached hydrogens (tertiary/aromatic N) is 5. The summed E-state index contributed by atoms with van der Waals surface area (Å²) in [5.74, 6) is -0.130. The van der Waals surface area contributed by atoms with Gasteiger partial charge in [-0.3, -0.25) is 4.79 Å². The fourth-order valence-corrected chi connectivity index (χ4v) is 3.67. The molecule has 130 valence electrons. The minimum atomic E-state index is -3.20. The van der Waals surface area contributed by atoms with Gasteiger partial charge in [-0.15, -0.1) is 0 Å². The number of piperazine rings is 1. The first kappa shape index (κ1) is 16.8. The number of hydrogen-bond donors (Lipinski definition) is 0. The molecule has 0 aromatic carbocycles. The van der Waals surface area contributed by atoms with Crippen LogP contribution in [0.3, 0.4) is 0 Å². The molecule has 0 atom stereocenters. The number of fused-ring (bicyclic) bond motifs is 1. The van der Waals surface area contributed by atoms with Crippen molar-refractivity contribution >= 4 is 27.0 Å². The van der Waals surface area contributed by atoms with Gasteiger partial charge in [-0.25, -0.2) is 18.1 Å². The maximum Gasteiger partial charge on any atom is 0.255 e. The van der Waals surface area contributed by atoms with E-state index in [1.54, 1.807) is 23.4 Å². The van der Waals surface area contributed by atoms with Crippen LogP contribution in [0.2, 0.25) is 0 Å². The number of aromatic nitrogens is 3. The lowest BCUT2D eigenvalue weighted by Gasteiger charge is -2.33. The van der Waals surface area contributed by atoms with Crippen LogP contribution in [0.15, 0.2) is 18.5 Å². The van der Waals surface area contributed by atoms with Crippen molar-refractivity contribution in [1.82, 2.24) is 24.0 Å². The van der Waals surface area contributed by atoms with E-state index in [9.17, 15) is 13.2 Å². The molecule has 24 heavy (non-hydrogen) atoms. The molecule has 1 aliphatic rings. The molecule has 2 aromatic rings. The molecule has 0 radical (unpaired) electrons. The third kappa shape index (κ3) is 3.13. The van der Waals surface area contributed by atoms with Crippen LogP contribution in [0.1, 0.15) is 30.2 Å². The van der Waals surface area contributed by atoms with Crippen molar-refractivity contribution in [2.75, 3.05) is 32.4 Å². The maximum absolute atomic E-state index is 12.6. The van der Waals surface area contributed by atoms with Crippen LogP contribution in [-0.4, -0.2) is 70.7 Å². The monoisotopic (exact) mass is 351 g/mol. The lowest BCUT2D eigenvalue weighted by Crippen LogP contribution is -2.50. The molecule has 2 aromatic heterocycles. The SMILES string of the molecule is CC(C)n1ncc2cc(C(=O)N3CCN(S(C)(=O)=O)CC3)cnc21. The van der Waals surface area contributed by atoms with Gasteiger partial charge in [-0.2, -0.15) is 9.40 Å². The molecule has 3 rings (SSSR count). The van der Waals surface area contributed by atoms with Gasteiger partial charge < -0.3 is 4.90 Å². The molecule has 1 saturated heterocycles. The molecule has 8 nitrogen and oxygen atoms in total. The van der Waals surface area contributed by atoms with Gasteiger partial charge in [0, 0.05) is 43.8 Å². The molecule has 0 spiro atoms. The van der Waals surface area contributed by atoms with E-state index in [-0.39, 0.29) is 11.9 Å². The van der Waals surface area contributed by atoms with Crippen molar-refractivity contribution in [3.8, 4) is 0 Å². The minimum Gasteiger partial charge on any atom is -0.336 e. The zero-order valence-electron chi connectivity index (χ0n) is 14.0. The zero-order chi connectivity index (χ0) is 17.5. The second-order valence-corrected chi connectivity index (χ2v) is 8.26. The summed E-state index contributed by atoms with van der Waals surface area (Å²) in [6, 6.07) is 1.99. The Morgan fingerprint density at radius 3 is 2.42 bits per heavy atom. The lowest BCUT2D eigenvalue weighted by atomic mass is 10.2. The predicted molar refractivity (Wildman–Crippen MR) is 90.2 cm³/mol. The number of carbonyl (C=O) groups excluding carboxylic acids is 1. The maximum atomic E-state index is 12.6. The Balaban J connectivity index is 1.77. The fraction of sp³-hybridized carbons (Fsp3) is 0.533. The van der Waals surface area contributed by atoms with Gasteiger partial charge in [-0.05, 0) is 19.9 Å². The highest BCUT2D eigenvalue weighted by atomic mass is 32.2. The second kappa shape index (κ2) is 6.14. The van der Waals surface area contributed by atoms with E-state index in [2.05, 4.69) is 10.1 Å². The van der Waals surface area contributed by atoms with Crippen molar-refractivity contribution in [3.05, 3.63) is 24.0 Å². The Morgan fingerprint density at radius 2 is 1.83 bits per heavy atom. The summed E-state index contributed by atoms with van der Waals surface area (Å²) in [6.45, 7) is 5.46. The summed E-state index contributed by atoms with van der Waals surface area (Å²) in [5.41, 5.74) is 1.25. The number of hydrogen-bond acceptors (Lipinski definition) is 5. The van der Waals surface area contributed by atoms with E-state index in [1.165, 1.54) is 10.6 Å². The molecule has 0 aliphatic carbocycles. The number of amides is 1. The summed E-state index contributed by atoms with van der Waals surface area (Å²) in [5, 5.41) is 5.12. The van der Waals surface area contributed by atoms with Gasteiger partial charge in [0.25, 0.3) is 5.91 Å². The number of pyridine rings is 1. The van der Waals surface area contributed by atoms with Crippen LogP contribution in [0.4, 0.5) is 0 Å². The Bertz CT molecular complexity index is 866. The van der Waals surface area contributed by atoms with Gasteiger partial charge in [0.2, 0.25) is 10.0 Å². The fourth-order valence-electron chi connectivity index (χ4n) is 2.84. The van der Waals surface area contributed by atoms with Crippen LogP contribution in [0.25, 0.3) is 11.0 Å². The van der Waals surface area contributed by atoms with Crippen molar-refractivity contribution in [1.29, 1.82) is 0 Å². The quantitative estimate of drug-likeness (QED) is 0.813. The van der Waals surface area contributed by atoms with E-state index >= 15 is 0 Å². The number of sulfonamides is 1. The highest BCUT2D eigenvalue weighted by Crippen LogP contribution is 2.18. The van der Waals surface area contributed by atoms with Crippen molar-refractivity contribution in [3.63, 3.8) is 0 Å². The van der Waals surface area contributed by atoms with Crippen molar-refractivity contribution in [2.45, 2.75) is 19.9 Å². The molecule has 0 N–H and O–H groups in total. The van der Waals surface area contributed by atoms with Crippen molar-refractivity contribution < 1.29 is 13.2 Å². The average Bonchev–Trinajstić information content (AvgIpc) is 2.96. The molecule has 1 fully saturated rings. The molecular weight excluding hydrogens is 330 g/mol. The zero-order valence-corrected chi connectivity index (χ0v) is 14.8. The third-order valence-corrected chi connectivity index (χ3v) is 5.47. The number of rotatable bonds is 3. The summed E-state index contributed by atoms with van der Waals surface area (Å²) in [6.07, 6.45) is 4.46. The number of carbonyl (C=O) groups is 1. The van der Waals surface area contributed by atoms with Gasteiger partial charge in [0.1, 0.15) is 0 Å². The minimum absolute atomic E-state index is 0.130. The van der Waals surface area contributed by atoms with E-state index in [0.29, 0.717) is 31.7 Å². The smallest absolute Gasteiger partial charge is 0.255 e. The standard InChI is InChI=1S/C15H21N5O3S/c1-11(2)20-14-12(10-17-20)8-13(9-16-14)15(21)18-4-6-19(7-5-18)24(3,22)23/h8-11H,4-7H2,1-3H3. The molecule has 0 unspecified atom stereocenters.